The first-order valence-electron chi connectivity index (χ1n) is 13.8. The van der Waals surface area contributed by atoms with Crippen molar-refractivity contribution in [3.63, 3.8) is 0 Å². The topological polar surface area (TPSA) is 43.8 Å². The van der Waals surface area contributed by atoms with E-state index < -0.39 is 22.8 Å². The van der Waals surface area contributed by atoms with Crippen molar-refractivity contribution in [1.82, 2.24) is 9.80 Å². The first-order chi connectivity index (χ1) is 19.1. The van der Waals surface area contributed by atoms with Crippen LogP contribution in [0.3, 0.4) is 0 Å². The fourth-order valence-electron chi connectivity index (χ4n) is 6.58. The molecule has 4 nitrogen and oxygen atoms in total. The van der Waals surface area contributed by atoms with Crippen LogP contribution >= 0.6 is 11.6 Å². The van der Waals surface area contributed by atoms with Gasteiger partial charge in [0.25, 0.3) is 0 Å². The Kier molecular flexibility index (Phi) is 8.01. The standard InChI is InChI=1S/C32H34ClF3N2O2/c1-2-38-22-26(31(29(38)39,23-9-5-3-6-10-23)24-11-7-4-8-12-24)15-18-37-19-16-30(40,17-20-37)25-13-14-28(33)27(21-25)32(34,35)36/h3-14,21,26,40H,2,15-20,22H2,1H3. The largest absolute Gasteiger partial charge is 0.417 e. The number of likely N-dealkylation sites (tertiary alicyclic amines) is 2. The summed E-state index contributed by atoms with van der Waals surface area (Å²) in [5.74, 6) is 0.157. The number of rotatable bonds is 7. The Labute approximate surface area is 238 Å². The number of benzene rings is 3. The van der Waals surface area contributed by atoms with Crippen LogP contribution in [0.4, 0.5) is 13.2 Å². The summed E-state index contributed by atoms with van der Waals surface area (Å²) in [6.07, 6.45) is -3.18. The Balaban J connectivity index is 1.35. The predicted molar refractivity (Wildman–Crippen MR) is 150 cm³/mol. The van der Waals surface area contributed by atoms with Crippen molar-refractivity contribution in [3.8, 4) is 0 Å². The van der Waals surface area contributed by atoms with Crippen LogP contribution in [0.15, 0.2) is 78.9 Å². The minimum absolute atomic E-state index is 0.0381. The lowest BCUT2D eigenvalue weighted by Crippen LogP contribution is -2.45. The average molecular weight is 571 g/mol. The zero-order valence-electron chi connectivity index (χ0n) is 22.5. The number of piperidine rings is 1. The molecule has 0 spiro atoms. The lowest BCUT2D eigenvalue weighted by Gasteiger charge is -2.40. The van der Waals surface area contributed by atoms with Gasteiger partial charge in [-0.05, 0) is 61.6 Å². The maximum absolute atomic E-state index is 14.1. The Morgan fingerprint density at radius 2 is 1.50 bits per heavy atom. The van der Waals surface area contributed by atoms with Gasteiger partial charge in [-0.3, -0.25) is 4.79 Å². The molecule has 0 bridgehead atoms. The number of aliphatic hydroxyl groups is 1. The molecule has 8 heteroatoms. The van der Waals surface area contributed by atoms with Crippen LogP contribution in [0.2, 0.25) is 5.02 Å². The second-order valence-electron chi connectivity index (χ2n) is 10.9. The third-order valence-electron chi connectivity index (χ3n) is 8.80. The van der Waals surface area contributed by atoms with Gasteiger partial charge in [0.05, 0.1) is 16.2 Å². The molecule has 2 aliphatic heterocycles. The van der Waals surface area contributed by atoms with E-state index in [1.54, 1.807) is 0 Å². The van der Waals surface area contributed by atoms with Crippen LogP contribution in [-0.4, -0.2) is 53.5 Å². The Bertz CT molecular complexity index is 1290. The number of likely N-dealkylation sites (N-methyl/N-ethyl adjacent to an activating group) is 1. The van der Waals surface area contributed by atoms with Gasteiger partial charge in [-0.2, -0.15) is 13.2 Å². The minimum Gasteiger partial charge on any atom is -0.385 e. The highest BCUT2D eigenvalue weighted by molar-refractivity contribution is 6.31. The summed E-state index contributed by atoms with van der Waals surface area (Å²) in [4.78, 5) is 18.3. The number of halogens is 4. The molecule has 5 rings (SSSR count). The summed E-state index contributed by atoms with van der Waals surface area (Å²) in [5.41, 5.74) is -0.831. The molecule has 1 atom stereocenters. The van der Waals surface area contributed by atoms with Crippen molar-refractivity contribution >= 4 is 17.5 Å². The fourth-order valence-corrected chi connectivity index (χ4v) is 6.81. The molecule has 0 saturated carbocycles. The summed E-state index contributed by atoms with van der Waals surface area (Å²) >= 11 is 5.80. The van der Waals surface area contributed by atoms with E-state index in [0.717, 1.165) is 30.2 Å². The van der Waals surface area contributed by atoms with Gasteiger partial charge in [0.15, 0.2) is 0 Å². The highest BCUT2D eigenvalue weighted by atomic mass is 35.5. The summed E-state index contributed by atoms with van der Waals surface area (Å²) in [5, 5.41) is 10.9. The van der Waals surface area contributed by atoms with E-state index in [1.807, 2.05) is 72.5 Å². The van der Waals surface area contributed by atoms with E-state index in [2.05, 4.69) is 4.90 Å². The second kappa shape index (κ2) is 11.2. The van der Waals surface area contributed by atoms with Crippen LogP contribution < -0.4 is 0 Å². The quantitative estimate of drug-likeness (QED) is 0.353. The van der Waals surface area contributed by atoms with E-state index in [9.17, 15) is 23.1 Å². The highest BCUT2D eigenvalue weighted by Crippen LogP contribution is 2.47. The predicted octanol–water partition coefficient (Wildman–Crippen LogP) is 6.50. The molecule has 0 aliphatic carbocycles. The van der Waals surface area contributed by atoms with Gasteiger partial charge in [-0.25, -0.2) is 0 Å². The van der Waals surface area contributed by atoms with Gasteiger partial charge < -0.3 is 14.9 Å². The number of hydrogen-bond acceptors (Lipinski definition) is 3. The summed E-state index contributed by atoms with van der Waals surface area (Å²) in [7, 11) is 0. The van der Waals surface area contributed by atoms with Crippen molar-refractivity contribution in [1.29, 1.82) is 0 Å². The highest BCUT2D eigenvalue weighted by Gasteiger charge is 2.55. The van der Waals surface area contributed by atoms with Crippen molar-refractivity contribution in [2.24, 2.45) is 5.92 Å². The maximum atomic E-state index is 14.1. The monoisotopic (exact) mass is 570 g/mol. The minimum atomic E-state index is -4.58. The van der Waals surface area contributed by atoms with E-state index in [1.165, 1.54) is 12.1 Å². The van der Waals surface area contributed by atoms with Gasteiger partial charge in [0.1, 0.15) is 5.41 Å². The SMILES string of the molecule is CCN1CC(CCN2CCC(O)(c3ccc(Cl)c(C(F)(F)F)c3)CC2)C(c2ccccc2)(c2ccccc2)C1=O. The molecular weight excluding hydrogens is 537 g/mol. The van der Waals surface area contributed by atoms with Gasteiger partial charge >= 0.3 is 6.18 Å². The van der Waals surface area contributed by atoms with E-state index >= 15 is 0 Å². The Morgan fingerprint density at radius 3 is 2.02 bits per heavy atom. The van der Waals surface area contributed by atoms with Gasteiger partial charge in [0.2, 0.25) is 5.91 Å². The second-order valence-corrected chi connectivity index (χ2v) is 11.3. The summed E-state index contributed by atoms with van der Waals surface area (Å²) in [6, 6.07) is 23.7. The molecule has 0 radical (unpaired) electrons. The van der Waals surface area contributed by atoms with Crippen LogP contribution in [0.1, 0.15) is 48.4 Å². The zero-order valence-corrected chi connectivity index (χ0v) is 23.3. The lowest BCUT2D eigenvalue weighted by molar-refractivity contribution is -0.137. The molecular formula is C32H34ClF3N2O2. The molecule has 2 fully saturated rings. The van der Waals surface area contributed by atoms with E-state index in [0.29, 0.717) is 39.0 Å². The molecule has 1 amide bonds. The maximum Gasteiger partial charge on any atom is 0.417 e. The number of hydrogen-bond donors (Lipinski definition) is 1. The lowest BCUT2D eigenvalue weighted by atomic mass is 9.66. The molecule has 40 heavy (non-hydrogen) atoms. The number of alkyl halides is 3. The number of nitrogens with zero attached hydrogens (tertiary/aromatic N) is 2. The first kappa shape index (κ1) is 28.7. The molecule has 2 heterocycles. The van der Waals surface area contributed by atoms with Crippen molar-refractivity contribution in [2.75, 3.05) is 32.7 Å². The summed E-state index contributed by atoms with van der Waals surface area (Å²) in [6.45, 7) is 5.11. The first-order valence-corrected chi connectivity index (χ1v) is 14.2. The Morgan fingerprint density at radius 1 is 0.925 bits per heavy atom. The third-order valence-corrected chi connectivity index (χ3v) is 9.13. The van der Waals surface area contributed by atoms with Crippen LogP contribution in [0.25, 0.3) is 0 Å². The van der Waals surface area contributed by atoms with Crippen molar-refractivity contribution < 1.29 is 23.1 Å². The molecule has 1 N–H and O–H groups in total. The Hall–Kier alpha value is -2.87. The van der Waals surface area contributed by atoms with Crippen LogP contribution in [0, 0.1) is 5.92 Å². The van der Waals surface area contributed by atoms with Crippen molar-refractivity contribution in [3.05, 3.63) is 106 Å². The van der Waals surface area contributed by atoms with Crippen LogP contribution in [-0.2, 0) is 22.0 Å². The molecule has 0 aromatic heterocycles. The molecule has 3 aromatic rings. The van der Waals surface area contributed by atoms with Gasteiger partial charge in [-0.15, -0.1) is 0 Å². The fraction of sp³-hybridized carbons (Fsp3) is 0.406. The summed E-state index contributed by atoms with van der Waals surface area (Å²) < 4.78 is 40.3. The van der Waals surface area contributed by atoms with Gasteiger partial charge in [0, 0.05) is 32.1 Å². The molecule has 2 aliphatic rings. The number of carbonyl (C=O) groups excluding carboxylic acids is 1. The van der Waals surface area contributed by atoms with Crippen LogP contribution in [0.5, 0.6) is 0 Å². The number of carbonyl (C=O) groups is 1. The van der Waals surface area contributed by atoms with Crippen molar-refractivity contribution in [2.45, 2.75) is 43.4 Å². The third kappa shape index (κ3) is 5.15. The van der Waals surface area contributed by atoms with E-state index in [4.69, 9.17) is 11.6 Å². The molecule has 3 aromatic carbocycles. The van der Waals surface area contributed by atoms with E-state index in [-0.39, 0.29) is 22.4 Å². The normalized spacial score (nSPS) is 21.1. The zero-order chi connectivity index (χ0) is 28.5. The smallest absolute Gasteiger partial charge is 0.385 e. The molecule has 1 unspecified atom stereocenters. The molecule has 212 valence electrons. The number of amides is 1. The average Bonchev–Trinajstić information content (AvgIpc) is 3.25. The molecule has 2 saturated heterocycles. The van der Waals surface area contributed by atoms with Gasteiger partial charge in [-0.1, -0.05) is 78.3 Å².